The second-order valence-corrected chi connectivity index (χ2v) is 4.84. The maximum Gasteiger partial charge on any atom is 2.00 e. The Labute approximate surface area is 120 Å². The summed E-state index contributed by atoms with van der Waals surface area (Å²) in [5.41, 5.74) is 0.201. The minimum Gasteiger partial charge on any atom is -0.384 e. The van der Waals surface area contributed by atoms with Gasteiger partial charge in [0, 0.05) is 19.6 Å². The van der Waals surface area contributed by atoms with Crippen molar-refractivity contribution in [2.45, 2.75) is 26.2 Å². The molecule has 2 atom stereocenters. The number of methoxy groups -OCH3 is 2. The number of ether oxygens (including phenoxy) is 2. The van der Waals surface area contributed by atoms with Crippen LogP contribution >= 0.6 is 0 Å². The molecule has 0 radical (unpaired) electrons. The van der Waals surface area contributed by atoms with Crippen LogP contribution in [0.2, 0.25) is 0 Å². The van der Waals surface area contributed by atoms with Gasteiger partial charge in [0.25, 0.3) is 0 Å². The Morgan fingerprint density at radius 2 is 1.81 bits per heavy atom. The fraction of sp³-hybridized carbons (Fsp3) is 0.846. The average Bonchev–Trinajstić information content (AvgIpc) is 2.45. The monoisotopic (exact) mass is 302 g/mol. The van der Waals surface area contributed by atoms with E-state index in [0.29, 0.717) is 11.8 Å². The molecule has 0 unspecified atom stereocenters. The fourth-order valence-corrected chi connectivity index (χ4v) is 2.93. The summed E-state index contributed by atoms with van der Waals surface area (Å²) >= 11 is 0. The molecule has 1 saturated carbocycles. The van der Waals surface area contributed by atoms with Crippen molar-refractivity contribution in [1.82, 2.24) is 0 Å². The molecular weight excluding hydrogens is 279 g/mol. The summed E-state index contributed by atoms with van der Waals surface area (Å²) in [7, 11) is 3.54. The standard InChI is InChI=1S/C13H24O2.Zr/c1-5-6-12-8-13(9-14-3,10-15-4)7-11(12)2;/h6,11-12H,2,5,7-10H2,1,3-4H3;/q-2;+2/t11-,12-;/m1./s1. The quantitative estimate of drug-likeness (QED) is 0.703. The first kappa shape index (κ1) is 16.8. The molecule has 0 N–H and O–H groups in total. The van der Waals surface area contributed by atoms with Crippen LogP contribution in [0.25, 0.3) is 0 Å². The van der Waals surface area contributed by atoms with Gasteiger partial charge in [-0.05, 0) is 0 Å². The summed E-state index contributed by atoms with van der Waals surface area (Å²) in [6.07, 6.45) is 5.81. The molecule has 0 bridgehead atoms. The van der Waals surface area contributed by atoms with Crippen LogP contribution in [0.5, 0.6) is 0 Å². The maximum atomic E-state index is 5.33. The zero-order valence-corrected chi connectivity index (χ0v) is 13.2. The van der Waals surface area contributed by atoms with Crippen molar-refractivity contribution in [1.29, 1.82) is 0 Å². The van der Waals surface area contributed by atoms with Crippen molar-refractivity contribution in [3.63, 3.8) is 0 Å². The van der Waals surface area contributed by atoms with E-state index in [0.717, 1.165) is 32.5 Å². The van der Waals surface area contributed by atoms with Crippen molar-refractivity contribution in [3.05, 3.63) is 13.3 Å². The molecule has 1 rings (SSSR count). The third kappa shape index (κ3) is 4.24. The average molecular weight is 304 g/mol. The molecule has 0 amide bonds. The van der Waals surface area contributed by atoms with Crippen LogP contribution in [0.1, 0.15) is 26.2 Å². The Morgan fingerprint density at radius 3 is 2.25 bits per heavy atom. The van der Waals surface area contributed by atoms with Crippen molar-refractivity contribution >= 4 is 0 Å². The van der Waals surface area contributed by atoms with E-state index in [1.54, 1.807) is 14.2 Å². The first-order valence-corrected chi connectivity index (χ1v) is 5.81. The van der Waals surface area contributed by atoms with Crippen LogP contribution in [-0.4, -0.2) is 27.4 Å². The Kier molecular flexibility index (Phi) is 8.40. The molecule has 1 aliphatic carbocycles. The summed E-state index contributed by atoms with van der Waals surface area (Å²) < 4.78 is 10.7. The smallest absolute Gasteiger partial charge is 0.384 e. The molecule has 1 aliphatic rings. The largest absolute Gasteiger partial charge is 2.00 e. The molecular formula is C13H24O2Zr. The molecule has 0 heterocycles. The second kappa shape index (κ2) is 8.00. The second-order valence-electron chi connectivity index (χ2n) is 4.84. The Morgan fingerprint density at radius 1 is 1.25 bits per heavy atom. The normalized spacial score (nSPS) is 27.8. The molecule has 16 heavy (non-hydrogen) atoms. The molecule has 1 fully saturated rings. The number of hydrogen-bond donors (Lipinski definition) is 0. The van der Waals surface area contributed by atoms with Gasteiger partial charge in [0.1, 0.15) is 0 Å². The molecule has 0 saturated heterocycles. The number of hydrogen-bond acceptors (Lipinski definition) is 2. The Hall–Kier alpha value is 0.803. The third-order valence-corrected chi connectivity index (χ3v) is 3.41. The van der Waals surface area contributed by atoms with Crippen molar-refractivity contribution in [2.24, 2.45) is 17.3 Å². The van der Waals surface area contributed by atoms with E-state index < -0.39 is 0 Å². The molecule has 0 aromatic heterocycles. The van der Waals surface area contributed by atoms with Crippen LogP contribution in [0.4, 0.5) is 0 Å². The van der Waals surface area contributed by atoms with Gasteiger partial charge in [0.05, 0.1) is 13.2 Å². The first-order chi connectivity index (χ1) is 7.17. The fourth-order valence-electron chi connectivity index (χ4n) is 2.93. The maximum absolute atomic E-state index is 5.33. The minimum absolute atomic E-state index is 0. The molecule has 0 aromatic carbocycles. The zero-order valence-electron chi connectivity index (χ0n) is 10.8. The first-order valence-electron chi connectivity index (χ1n) is 5.81. The topological polar surface area (TPSA) is 18.5 Å². The summed E-state index contributed by atoms with van der Waals surface area (Å²) in [4.78, 5) is 0. The van der Waals surface area contributed by atoms with E-state index in [2.05, 4.69) is 20.3 Å². The molecule has 3 heteroatoms. The number of rotatable bonds is 6. The van der Waals surface area contributed by atoms with Gasteiger partial charge in [0.15, 0.2) is 0 Å². The minimum atomic E-state index is 0. The van der Waals surface area contributed by atoms with Gasteiger partial charge < -0.3 is 22.8 Å². The van der Waals surface area contributed by atoms with Crippen molar-refractivity contribution in [2.75, 3.05) is 27.4 Å². The van der Waals surface area contributed by atoms with E-state index in [9.17, 15) is 0 Å². The Bertz CT molecular complexity index is 179. The molecule has 0 aromatic rings. The predicted octanol–water partition coefficient (Wildman–Crippen LogP) is 2.74. The van der Waals surface area contributed by atoms with E-state index in [-0.39, 0.29) is 31.6 Å². The van der Waals surface area contributed by atoms with Crippen LogP contribution in [0.15, 0.2) is 0 Å². The van der Waals surface area contributed by atoms with Crippen molar-refractivity contribution in [3.8, 4) is 0 Å². The SMILES string of the molecule is [CH2-][C@@H]1CC(COC)(COC)C[C@H]1[CH-]CC.[Zr+2]. The van der Waals surface area contributed by atoms with E-state index in [1.807, 2.05) is 0 Å². The summed E-state index contributed by atoms with van der Waals surface area (Å²) in [6.45, 7) is 8.03. The summed E-state index contributed by atoms with van der Waals surface area (Å²) in [5.74, 6) is 1.16. The van der Waals surface area contributed by atoms with E-state index in [4.69, 9.17) is 9.47 Å². The summed E-state index contributed by atoms with van der Waals surface area (Å²) in [6, 6.07) is 0. The van der Waals surface area contributed by atoms with Gasteiger partial charge in [-0.15, -0.1) is 0 Å². The van der Waals surface area contributed by atoms with E-state index >= 15 is 0 Å². The van der Waals surface area contributed by atoms with Gasteiger partial charge >= 0.3 is 26.2 Å². The molecule has 92 valence electrons. The molecule has 0 spiro atoms. The van der Waals surface area contributed by atoms with Crippen molar-refractivity contribution < 1.29 is 35.7 Å². The third-order valence-electron chi connectivity index (χ3n) is 3.41. The Balaban J connectivity index is 0.00000225. The van der Waals surface area contributed by atoms with E-state index in [1.165, 1.54) is 0 Å². The zero-order chi connectivity index (χ0) is 11.3. The molecule has 2 nitrogen and oxygen atoms in total. The van der Waals surface area contributed by atoms with Gasteiger partial charge in [-0.1, -0.05) is 19.8 Å². The van der Waals surface area contributed by atoms with Gasteiger partial charge in [0.2, 0.25) is 0 Å². The van der Waals surface area contributed by atoms with Crippen LogP contribution < -0.4 is 0 Å². The molecule has 0 aliphatic heterocycles. The van der Waals surface area contributed by atoms with Crippen LogP contribution in [0, 0.1) is 30.6 Å². The van der Waals surface area contributed by atoms with Gasteiger partial charge in [-0.3, -0.25) is 0 Å². The van der Waals surface area contributed by atoms with Gasteiger partial charge in [-0.25, -0.2) is 0 Å². The summed E-state index contributed by atoms with van der Waals surface area (Å²) in [5, 5.41) is 0. The van der Waals surface area contributed by atoms with Crippen LogP contribution in [-0.2, 0) is 35.7 Å². The predicted molar refractivity (Wildman–Crippen MR) is 62.3 cm³/mol. The van der Waals surface area contributed by atoms with Gasteiger partial charge in [-0.2, -0.15) is 18.3 Å². The van der Waals surface area contributed by atoms with Crippen LogP contribution in [0.3, 0.4) is 0 Å².